The van der Waals surface area contributed by atoms with Crippen LogP contribution in [0, 0.1) is 6.92 Å². The van der Waals surface area contributed by atoms with E-state index in [1.54, 1.807) is 13.3 Å². The van der Waals surface area contributed by atoms with Crippen LogP contribution in [0.4, 0.5) is 5.69 Å². The van der Waals surface area contributed by atoms with Crippen molar-refractivity contribution in [2.24, 2.45) is 0 Å². The number of furan rings is 1. The predicted octanol–water partition coefficient (Wildman–Crippen LogP) is 3.39. The van der Waals surface area contributed by atoms with E-state index in [1.165, 1.54) is 6.26 Å². The summed E-state index contributed by atoms with van der Waals surface area (Å²) in [5, 5.41) is 0.825. The van der Waals surface area contributed by atoms with Gasteiger partial charge in [-0.05, 0) is 25.1 Å². The molecule has 4 nitrogen and oxygen atoms in total. The third kappa shape index (κ3) is 1.81. The summed E-state index contributed by atoms with van der Waals surface area (Å²) in [6.07, 6.45) is 3.23. The first-order valence-corrected chi connectivity index (χ1v) is 5.97. The van der Waals surface area contributed by atoms with E-state index in [4.69, 9.17) is 14.9 Å². The zero-order chi connectivity index (χ0) is 13.4. The minimum atomic E-state index is 0.540. The SMILES string of the molecule is COc1ccc(C)cc1-c1ccnc2occ(N)c12. The smallest absolute Gasteiger partial charge is 0.228 e. The normalized spacial score (nSPS) is 10.8. The Balaban J connectivity index is 2.35. The lowest BCUT2D eigenvalue weighted by molar-refractivity contribution is 0.416. The van der Waals surface area contributed by atoms with Gasteiger partial charge in [-0.25, -0.2) is 4.98 Å². The summed E-state index contributed by atoms with van der Waals surface area (Å²) in [6, 6.07) is 7.96. The summed E-state index contributed by atoms with van der Waals surface area (Å²) >= 11 is 0. The van der Waals surface area contributed by atoms with Crippen molar-refractivity contribution < 1.29 is 9.15 Å². The molecule has 0 saturated heterocycles. The molecule has 19 heavy (non-hydrogen) atoms. The number of nitrogens with zero attached hydrogens (tertiary/aromatic N) is 1. The number of rotatable bonds is 2. The Hall–Kier alpha value is -2.49. The topological polar surface area (TPSA) is 61.3 Å². The molecule has 1 aromatic carbocycles. The van der Waals surface area contributed by atoms with E-state index in [2.05, 4.69) is 11.1 Å². The van der Waals surface area contributed by atoms with Gasteiger partial charge in [0.15, 0.2) is 0 Å². The molecule has 0 bridgehead atoms. The number of fused-ring (bicyclic) bond motifs is 1. The van der Waals surface area contributed by atoms with Crippen LogP contribution in [0.25, 0.3) is 22.2 Å². The predicted molar refractivity (Wildman–Crippen MR) is 75.1 cm³/mol. The van der Waals surface area contributed by atoms with Crippen LogP contribution in [0.2, 0.25) is 0 Å². The van der Waals surface area contributed by atoms with Gasteiger partial charge in [-0.1, -0.05) is 11.6 Å². The molecule has 0 fully saturated rings. The largest absolute Gasteiger partial charge is 0.496 e. The number of hydrogen-bond acceptors (Lipinski definition) is 4. The van der Waals surface area contributed by atoms with Crippen LogP contribution in [-0.4, -0.2) is 12.1 Å². The zero-order valence-electron chi connectivity index (χ0n) is 10.8. The average molecular weight is 254 g/mol. The van der Waals surface area contributed by atoms with Gasteiger partial charge in [-0.15, -0.1) is 0 Å². The van der Waals surface area contributed by atoms with Gasteiger partial charge in [0.1, 0.15) is 12.0 Å². The lowest BCUT2D eigenvalue weighted by atomic mass is 10.0. The number of aromatic nitrogens is 1. The van der Waals surface area contributed by atoms with Gasteiger partial charge in [-0.2, -0.15) is 0 Å². The van der Waals surface area contributed by atoms with Gasteiger partial charge in [0.25, 0.3) is 0 Å². The molecule has 0 aliphatic heterocycles. The fourth-order valence-electron chi connectivity index (χ4n) is 2.25. The fraction of sp³-hybridized carbons (Fsp3) is 0.133. The summed E-state index contributed by atoms with van der Waals surface area (Å²) in [5.41, 5.74) is 10.2. The van der Waals surface area contributed by atoms with Crippen LogP contribution < -0.4 is 10.5 Å². The third-order valence-corrected chi connectivity index (χ3v) is 3.15. The molecule has 0 aliphatic carbocycles. The zero-order valence-corrected chi connectivity index (χ0v) is 10.8. The highest BCUT2D eigenvalue weighted by Gasteiger charge is 2.14. The van der Waals surface area contributed by atoms with Crippen molar-refractivity contribution >= 4 is 16.8 Å². The number of anilines is 1. The Kier molecular flexibility index (Phi) is 2.63. The Labute approximate surface area is 110 Å². The third-order valence-electron chi connectivity index (χ3n) is 3.15. The number of ether oxygens (including phenoxy) is 1. The van der Waals surface area contributed by atoms with E-state index in [9.17, 15) is 0 Å². The number of methoxy groups -OCH3 is 1. The maximum atomic E-state index is 5.97. The van der Waals surface area contributed by atoms with Gasteiger partial charge >= 0.3 is 0 Å². The molecule has 0 aliphatic rings. The Morgan fingerprint density at radius 3 is 2.84 bits per heavy atom. The lowest BCUT2D eigenvalue weighted by Gasteiger charge is -2.10. The van der Waals surface area contributed by atoms with Gasteiger partial charge < -0.3 is 14.9 Å². The van der Waals surface area contributed by atoms with Crippen molar-refractivity contribution in [3.05, 3.63) is 42.3 Å². The lowest BCUT2D eigenvalue weighted by Crippen LogP contribution is -1.91. The van der Waals surface area contributed by atoms with Gasteiger partial charge in [0, 0.05) is 17.3 Å². The van der Waals surface area contributed by atoms with Crippen LogP contribution >= 0.6 is 0 Å². The fourth-order valence-corrected chi connectivity index (χ4v) is 2.25. The van der Waals surface area contributed by atoms with Crippen LogP contribution in [0.3, 0.4) is 0 Å². The average Bonchev–Trinajstić information content (AvgIpc) is 2.81. The highest BCUT2D eigenvalue weighted by molar-refractivity contribution is 6.01. The summed E-state index contributed by atoms with van der Waals surface area (Å²) in [6.45, 7) is 2.04. The van der Waals surface area contributed by atoms with Crippen molar-refractivity contribution in [1.29, 1.82) is 0 Å². The standard InChI is InChI=1S/C15H14N2O2/c1-9-3-4-13(18-2)11(7-9)10-5-6-17-15-14(10)12(16)8-19-15/h3-8H,16H2,1-2H3. The van der Waals surface area contributed by atoms with E-state index in [1.807, 2.05) is 25.1 Å². The quantitative estimate of drug-likeness (QED) is 0.761. The number of aryl methyl sites for hydroxylation is 1. The second kappa shape index (κ2) is 4.31. The number of hydrogen-bond donors (Lipinski definition) is 1. The first-order valence-electron chi connectivity index (χ1n) is 5.97. The maximum absolute atomic E-state index is 5.97. The molecule has 2 heterocycles. The number of benzene rings is 1. The Bertz CT molecular complexity index is 747. The molecular weight excluding hydrogens is 240 g/mol. The van der Waals surface area contributed by atoms with Gasteiger partial charge in [0.2, 0.25) is 5.71 Å². The van der Waals surface area contributed by atoms with Crippen molar-refractivity contribution in [3.8, 4) is 16.9 Å². The molecule has 0 amide bonds. The molecule has 0 radical (unpaired) electrons. The summed E-state index contributed by atoms with van der Waals surface area (Å²) in [4.78, 5) is 4.18. The van der Waals surface area contributed by atoms with Crippen LogP contribution in [0.1, 0.15) is 5.56 Å². The number of pyridine rings is 1. The van der Waals surface area contributed by atoms with Crippen molar-refractivity contribution in [1.82, 2.24) is 4.98 Å². The highest BCUT2D eigenvalue weighted by Crippen LogP contribution is 2.37. The monoisotopic (exact) mass is 254 g/mol. The molecule has 2 aromatic heterocycles. The molecule has 3 aromatic rings. The van der Waals surface area contributed by atoms with E-state index in [0.29, 0.717) is 11.4 Å². The molecule has 2 N–H and O–H groups in total. The minimum Gasteiger partial charge on any atom is -0.496 e. The molecule has 0 spiro atoms. The number of nitrogen functional groups attached to an aromatic ring is 1. The molecule has 0 saturated carbocycles. The molecular formula is C15H14N2O2. The second-order valence-electron chi connectivity index (χ2n) is 4.43. The molecule has 96 valence electrons. The second-order valence-corrected chi connectivity index (χ2v) is 4.43. The molecule has 0 atom stereocenters. The van der Waals surface area contributed by atoms with E-state index < -0.39 is 0 Å². The van der Waals surface area contributed by atoms with E-state index in [-0.39, 0.29) is 0 Å². The van der Waals surface area contributed by atoms with Gasteiger partial charge in [0.05, 0.1) is 18.2 Å². The first kappa shape index (κ1) is 11.6. The van der Waals surface area contributed by atoms with E-state index in [0.717, 1.165) is 27.8 Å². The first-order chi connectivity index (χ1) is 9.20. The summed E-state index contributed by atoms with van der Waals surface area (Å²) < 4.78 is 10.8. The summed E-state index contributed by atoms with van der Waals surface area (Å²) in [5.74, 6) is 0.804. The minimum absolute atomic E-state index is 0.540. The summed E-state index contributed by atoms with van der Waals surface area (Å²) in [7, 11) is 1.66. The molecule has 0 unspecified atom stereocenters. The van der Waals surface area contributed by atoms with Crippen molar-refractivity contribution in [2.45, 2.75) is 6.92 Å². The van der Waals surface area contributed by atoms with Crippen LogP contribution in [0.5, 0.6) is 5.75 Å². The Morgan fingerprint density at radius 1 is 1.21 bits per heavy atom. The number of nitrogens with two attached hydrogens (primary N) is 1. The van der Waals surface area contributed by atoms with Gasteiger partial charge in [-0.3, -0.25) is 0 Å². The van der Waals surface area contributed by atoms with Crippen LogP contribution in [0.15, 0.2) is 41.1 Å². The highest BCUT2D eigenvalue weighted by atomic mass is 16.5. The van der Waals surface area contributed by atoms with E-state index >= 15 is 0 Å². The van der Waals surface area contributed by atoms with Crippen molar-refractivity contribution in [2.75, 3.05) is 12.8 Å². The Morgan fingerprint density at radius 2 is 2.05 bits per heavy atom. The molecule has 4 heteroatoms. The van der Waals surface area contributed by atoms with Crippen molar-refractivity contribution in [3.63, 3.8) is 0 Å². The molecule has 3 rings (SSSR count). The van der Waals surface area contributed by atoms with Crippen LogP contribution in [-0.2, 0) is 0 Å². The maximum Gasteiger partial charge on any atom is 0.228 e.